The van der Waals surface area contributed by atoms with Gasteiger partial charge in [-0.2, -0.15) is 0 Å². The van der Waals surface area contributed by atoms with Crippen molar-refractivity contribution in [2.45, 2.75) is 58.1 Å². The van der Waals surface area contributed by atoms with Gasteiger partial charge in [0, 0.05) is 43.6 Å². The van der Waals surface area contributed by atoms with E-state index >= 15 is 0 Å². The summed E-state index contributed by atoms with van der Waals surface area (Å²) in [6.45, 7) is 5.66. The number of amides is 2. The summed E-state index contributed by atoms with van der Waals surface area (Å²) in [5.74, 6) is -0.0599. The topological polar surface area (TPSA) is 97.2 Å². The molecule has 0 radical (unpaired) electrons. The number of nitrogens with zero attached hydrogens (tertiary/aromatic N) is 3. The summed E-state index contributed by atoms with van der Waals surface area (Å²) >= 11 is 0. The van der Waals surface area contributed by atoms with Gasteiger partial charge in [-0.1, -0.05) is 6.42 Å². The first-order valence-corrected chi connectivity index (χ1v) is 11.9. The number of aliphatic hydroxyl groups is 1. The van der Waals surface area contributed by atoms with Crippen molar-refractivity contribution >= 4 is 23.2 Å². The Kier molecular flexibility index (Phi) is 7.02. The first-order chi connectivity index (χ1) is 15.8. The van der Waals surface area contributed by atoms with E-state index in [1.165, 1.54) is 38.0 Å². The molecule has 0 atom stereocenters. The zero-order chi connectivity index (χ0) is 23.5. The van der Waals surface area contributed by atoms with Crippen molar-refractivity contribution < 1.29 is 19.4 Å². The highest BCUT2D eigenvalue weighted by atomic mass is 16.5. The molecule has 1 aromatic carbocycles. The molecule has 4 rings (SSSR count). The third kappa shape index (κ3) is 5.21. The molecule has 2 heterocycles. The Bertz CT molecular complexity index is 926. The summed E-state index contributed by atoms with van der Waals surface area (Å²) in [4.78, 5) is 31.1. The van der Waals surface area contributed by atoms with E-state index in [2.05, 4.69) is 4.90 Å². The molecule has 1 saturated carbocycles. The van der Waals surface area contributed by atoms with E-state index in [0.717, 1.165) is 43.4 Å². The minimum atomic E-state index is -0.484. The van der Waals surface area contributed by atoms with Gasteiger partial charge in [0.05, 0.1) is 5.57 Å². The predicted molar refractivity (Wildman–Crippen MR) is 127 cm³/mol. The van der Waals surface area contributed by atoms with Crippen molar-refractivity contribution in [2.24, 2.45) is 0 Å². The SMILES string of the molecule is CC(=N)/C(C(=O)N1CCN(c2ccc(OC3CCN(C4CCC4)CC3)cc2)C(=O)C1)=C(/C)O. The molecule has 0 unspecified atom stereocenters. The molecule has 33 heavy (non-hydrogen) atoms. The van der Waals surface area contributed by atoms with Gasteiger partial charge >= 0.3 is 0 Å². The van der Waals surface area contributed by atoms with Crippen LogP contribution in [0.1, 0.15) is 46.0 Å². The first-order valence-electron chi connectivity index (χ1n) is 11.9. The molecule has 0 aromatic heterocycles. The van der Waals surface area contributed by atoms with Crippen molar-refractivity contribution in [1.82, 2.24) is 9.80 Å². The van der Waals surface area contributed by atoms with Crippen LogP contribution in [0.15, 0.2) is 35.6 Å². The van der Waals surface area contributed by atoms with Gasteiger partial charge < -0.3 is 30.0 Å². The van der Waals surface area contributed by atoms with Crippen LogP contribution in [0, 0.1) is 5.41 Å². The van der Waals surface area contributed by atoms with E-state index in [0.29, 0.717) is 13.1 Å². The normalized spacial score (nSPS) is 21.5. The lowest BCUT2D eigenvalue weighted by molar-refractivity contribution is -0.133. The highest BCUT2D eigenvalue weighted by Crippen LogP contribution is 2.29. The van der Waals surface area contributed by atoms with Crippen LogP contribution >= 0.6 is 0 Å². The number of hydrogen-bond donors (Lipinski definition) is 2. The number of anilines is 1. The largest absolute Gasteiger partial charge is 0.512 e. The molecule has 2 amide bonds. The van der Waals surface area contributed by atoms with Gasteiger partial charge in [-0.15, -0.1) is 0 Å². The maximum Gasteiger partial charge on any atom is 0.259 e. The Balaban J connectivity index is 1.30. The number of nitrogens with one attached hydrogen (secondary N) is 1. The molecule has 0 bridgehead atoms. The van der Waals surface area contributed by atoms with Gasteiger partial charge in [0.25, 0.3) is 5.91 Å². The Labute approximate surface area is 195 Å². The average molecular weight is 455 g/mol. The van der Waals surface area contributed by atoms with E-state index in [1.807, 2.05) is 24.3 Å². The molecule has 2 N–H and O–H groups in total. The maximum atomic E-state index is 12.8. The van der Waals surface area contributed by atoms with Gasteiger partial charge in [0.15, 0.2) is 0 Å². The van der Waals surface area contributed by atoms with Crippen molar-refractivity contribution in [1.29, 1.82) is 5.41 Å². The van der Waals surface area contributed by atoms with Gasteiger partial charge in [-0.25, -0.2) is 0 Å². The Morgan fingerprint density at radius 2 is 1.70 bits per heavy atom. The zero-order valence-electron chi connectivity index (χ0n) is 19.5. The number of carbonyl (C=O) groups is 2. The van der Waals surface area contributed by atoms with E-state index in [9.17, 15) is 14.7 Å². The lowest BCUT2D eigenvalue weighted by atomic mass is 9.90. The minimum Gasteiger partial charge on any atom is -0.512 e. The van der Waals surface area contributed by atoms with E-state index in [-0.39, 0.29) is 35.6 Å². The first kappa shape index (κ1) is 23.3. The molecule has 1 aliphatic carbocycles. The molecule has 8 heteroatoms. The number of hydrogen-bond acceptors (Lipinski definition) is 6. The summed E-state index contributed by atoms with van der Waals surface area (Å²) in [5.41, 5.74) is 0.715. The lowest BCUT2D eigenvalue weighted by Crippen LogP contribution is -2.53. The van der Waals surface area contributed by atoms with Crippen molar-refractivity contribution in [3.05, 3.63) is 35.6 Å². The standard InChI is InChI=1S/C25H34N4O4/c1-17(26)24(18(2)30)25(32)28-14-15-29(23(31)16-28)20-6-8-21(9-7-20)33-22-10-12-27(13-11-22)19-4-3-5-19/h6-9,19,22,26,30H,3-5,10-16H2,1-2H3/b24-18+,26-17?. The van der Waals surface area contributed by atoms with Gasteiger partial charge in [0.1, 0.15) is 24.2 Å². The van der Waals surface area contributed by atoms with Crippen LogP contribution in [0.25, 0.3) is 0 Å². The van der Waals surface area contributed by atoms with Gasteiger partial charge in [-0.05, 0) is 63.8 Å². The van der Waals surface area contributed by atoms with Crippen LogP contribution in [-0.2, 0) is 9.59 Å². The van der Waals surface area contributed by atoms with Crippen molar-refractivity contribution in [3.63, 3.8) is 0 Å². The van der Waals surface area contributed by atoms with E-state index < -0.39 is 5.91 Å². The van der Waals surface area contributed by atoms with Crippen LogP contribution < -0.4 is 9.64 Å². The van der Waals surface area contributed by atoms with Crippen molar-refractivity contribution in [2.75, 3.05) is 37.6 Å². The number of allylic oxidation sites excluding steroid dienone is 1. The smallest absolute Gasteiger partial charge is 0.259 e. The molecule has 1 aromatic rings. The summed E-state index contributed by atoms with van der Waals surface area (Å²) in [6, 6.07) is 8.39. The number of carbonyl (C=O) groups excluding carboxylic acids is 2. The fourth-order valence-electron chi connectivity index (χ4n) is 4.87. The molecule has 8 nitrogen and oxygen atoms in total. The van der Waals surface area contributed by atoms with Crippen molar-refractivity contribution in [3.8, 4) is 5.75 Å². The van der Waals surface area contributed by atoms with Crippen LogP contribution in [0.5, 0.6) is 5.75 Å². The molecule has 3 fully saturated rings. The number of likely N-dealkylation sites (tertiary alicyclic amines) is 1. The summed E-state index contributed by atoms with van der Waals surface area (Å²) in [7, 11) is 0. The molecule has 2 saturated heterocycles. The summed E-state index contributed by atoms with van der Waals surface area (Å²) in [5, 5.41) is 17.5. The average Bonchev–Trinajstić information content (AvgIpc) is 2.74. The number of piperazine rings is 1. The monoisotopic (exact) mass is 454 g/mol. The fraction of sp³-hybridized carbons (Fsp3) is 0.560. The Morgan fingerprint density at radius 1 is 1.03 bits per heavy atom. The van der Waals surface area contributed by atoms with Crippen LogP contribution in [0.2, 0.25) is 0 Å². The highest BCUT2D eigenvalue weighted by Gasteiger charge is 2.32. The number of rotatable bonds is 6. The number of piperidine rings is 1. The second-order valence-electron chi connectivity index (χ2n) is 9.29. The highest BCUT2D eigenvalue weighted by molar-refractivity contribution is 6.20. The van der Waals surface area contributed by atoms with E-state index in [1.54, 1.807) is 4.90 Å². The maximum absolute atomic E-state index is 12.8. The molecule has 3 aliphatic rings. The van der Waals surface area contributed by atoms with Crippen LogP contribution in [0.3, 0.4) is 0 Å². The van der Waals surface area contributed by atoms with Crippen LogP contribution in [0.4, 0.5) is 5.69 Å². The lowest BCUT2D eigenvalue weighted by Gasteiger charge is -2.41. The Morgan fingerprint density at radius 3 is 2.21 bits per heavy atom. The Hall–Kier alpha value is -2.87. The molecular formula is C25H34N4O4. The predicted octanol–water partition coefficient (Wildman–Crippen LogP) is 3.13. The van der Waals surface area contributed by atoms with Gasteiger partial charge in [0.2, 0.25) is 5.91 Å². The second kappa shape index (κ2) is 9.95. The fourth-order valence-corrected chi connectivity index (χ4v) is 4.87. The molecular weight excluding hydrogens is 420 g/mol. The third-order valence-electron chi connectivity index (χ3n) is 6.98. The number of ether oxygens (including phenoxy) is 1. The zero-order valence-corrected chi connectivity index (χ0v) is 19.5. The number of benzene rings is 1. The summed E-state index contributed by atoms with van der Waals surface area (Å²) < 4.78 is 6.19. The number of aliphatic hydroxyl groups excluding tert-OH is 1. The van der Waals surface area contributed by atoms with Gasteiger partial charge in [-0.3, -0.25) is 9.59 Å². The third-order valence-corrected chi connectivity index (χ3v) is 6.98. The minimum absolute atomic E-state index is 0.0146. The molecule has 0 spiro atoms. The van der Waals surface area contributed by atoms with Crippen LogP contribution in [-0.4, -0.2) is 77.3 Å². The quantitative estimate of drug-likeness (QED) is 0.391. The summed E-state index contributed by atoms with van der Waals surface area (Å²) in [6.07, 6.45) is 6.38. The molecule has 2 aliphatic heterocycles. The molecule has 178 valence electrons. The second-order valence-corrected chi connectivity index (χ2v) is 9.29. The van der Waals surface area contributed by atoms with E-state index in [4.69, 9.17) is 10.1 Å².